The highest BCUT2D eigenvalue weighted by Gasteiger charge is 2.13. The number of hydrogen-bond donors (Lipinski definition) is 2. The summed E-state index contributed by atoms with van der Waals surface area (Å²) in [5.41, 5.74) is 8.35. The predicted molar refractivity (Wildman–Crippen MR) is 59.2 cm³/mol. The predicted octanol–water partition coefficient (Wildman–Crippen LogP) is 1.64. The van der Waals surface area contributed by atoms with Crippen LogP contribution in [0.5, 0.6) is 0 Å². The number of hydrogen-bond acceptors (Lipinski definition) is 2. The van der Waals surface area contributed by atoms with Gasteiger partial charge in [0.1, 0.15) is 0 Å². The lowest BCUT2D eigenvalue weighted by molar-refractivity contribution is 0.140. The van der Waals surface area contributed by atoms with E-state index < -0.39 is 6.10 Å². The van der Waals surface area contributed by atoms with Gasteiger partial charge >= 0.3 is 0 Å². The number of aryl methyl sites for hydroxylation is 1. The van der Waals surface area contributed by atoms with E-state index in [9.17, 15) is 5.11 Å². The second kappa shape index (κ2) is 5.13. The van der Waals surface area contributed by atoms with Gasteiger partial charge in [-0.15, -0.1) is 0 Å². The van der Waals surface area contributed by atoms with E-state index in [0.717, 1.165) is 6.42 Å². The van der Waals surface area contributed by atoms with Gasteiger partial charge in [-0.1, -0.05) is 31.2 Å². The van der Waals surface area contributed by atoms with Crippen molar-refractivity contribution in [3.8, 4) is 0 Å². The quantitative estimate of drug-likeness (QED) is 0.763. The molecule has 0 fully saturated rings. The first-order valence-electron chi connectivity index (χ1n) is 5.13. The van der Waals surface area contributed by atoms with E-state index >= 15 is 0 Å². The van der Waals surface area contributed by atoms with Crippen molar-refractivity contribution in [3.63, 3.8) is 0 Å². The maximum absolute atomic E-state index is 9.55. The van der Waals surface area contributed by atoms with E-state index in [4.69, 9.17) is 5.73 Å². The molecule has 1 rings (SSSR count). The molecule has 0 radical (unpaired) electrons. The molecule has 1 aromatic carbocycles. The van der Waals surface area contributed by atoms with Crippen LogP contribution >= 0.6 is 0 Å². The van der Waals surface area contributed by atoms with Crippen LogP contribution in [0.3, 0.4) is 0 Å². The summed E-state index contributed by atoms with van der Waals surface area (Å²) >= 11 is 0. The van der Waals surface area contributed by atoms with Gasteiger partial charge in [-0.3, -0.25) is 0 Å². The zero-order valence-electron chi connectivity index (χ0n) is 8.90. The lowest BCUT2D eigenvalue weighted by Crippen LogP contribution is -2.36. The highest BCUT2D eigenvalue weighted by molar-refractivity contribution is 5.26. The van der Waals surface area contributed by atoms with Gasteiger partial charge in [-0.25, -0.2) is 0 Å². The molecule has 0 aliphatic heterocycles. The van der Waals surface area contributed by atoms with Crippen LogP contribution in [-0.2, 0) is 6.42 Å². The molecule has 14 heavy (non-hydrogen) atoms. The standard InChI is InChI=1S/C12H19NO/c1-3-12(14)11(13)8-10-7-5-4-6-9(10)2/h4-7,11-12,14H,3,8,13H2,1-2H3. The lowest BCUT2D eigenvalue weighted by Gasteiger charge is -2.18. The zero-order valence-corrected chi connectivity index (χ0v) is 8.90. The number of benzene rings is 1. The molecule has 0 aromatic heterocycles. The second-order valence-corrected chi connectivity index (χ2v) is 3.77. The van der Waals surface area contributed by atoms with Crippen LogP contribution in [0, 0.1) is 6.92 Å². The Balaban J connectivity index is 2.64. The van der Waals surface area contributed by atoms with Gasteiger partial charge in [-0.2, -0.15) is 0 Å². The van der Waals surface area contributed by atoms with E-state index in [1.807, 2.05) is 19.1 Å². The summed E-state index contributed by atoms with van der Waals surface area (Å²) in [6.07, 6.45) is 1.07. The second-order valence-electron chi connectivity index (χ2n) is 3.77. The largest absolute Gasteiger partial charge is 0.392 e. The summed E-state index contributed by atoms with van der Waals surface area (Å²) < 4.78 is 0. The van der Waals surface area contributed by atoms with Crippen molar-refractivity contribution in [3.05, 3.63) is 35.4 Å². The van der Waals surface area contributed by atoms with Gasteiger partial charge in [0, 0.05) is 6.04 Å². The van der Waals surface area contributed by atoms with Crippen molar-refractivity contribution in [2.24, 2.45) is 5.73 Å². The third-order valence-electron chi connectivity index (χ3n) is 2.63. The minimum Gasteiger partial charge on any atom is -0.392 e. The van der Waals surface area contributed by atoms with E-state index in [0.29, 0.717) is 6.42 Å². The smallest absolute Gasteiger partial charge is 0.0691 e. The Kier molecular flexibility index (Phi) is 4.11. The third kappa shape index (κ3) is 2.82. The van der Waals surface area contributed by atoms with Gasteiger partial charge in [0.2, 0.25) is 0 Å². The molecule has 0 saturated carbocycles. The minimum atomic E-state index is -0.394. The molecule has 3 N–H and O–H groups in total. The molecule has 2 atom stereocenters. The minimum absolute atomic E-state index is 0.152. The fraction of sp³-hybridized carbons (Fsp3) is 0.500. The fourth-order valence-corrected chi connectivity index (χ4v) is 1.53. The van der Waals surface area contributed by atoms with Crippen LogP contribution in [-0.4, -0.2) is 17.3 Å². The average Bonchev–Trinajstić information content (AvgIpc) is 2.20. The molecular weight excluding hydrogens is 174 g/mol. The summed E-state index contributed by atoms with van der Waals surface area (Å²) in [4.78, 5) is 0. The van der Waals surface area contributed by atoms with E-state index in [2.05, 4.69) is 19.1 Å². The van der Waals surface area contributed by atoms with Gasteiger partial charge in [0.15, 0.2) is 0 Å². The normalized spacial score (nSPS) is 15.1. The van der Waals surface area contributed by atoms with Crippen LogP contribution in [0.15, 0.2) is 24.3 Å². The van der Waals surface area contributed by atoms with Gasteiger partial charge in [0.05, 0.1) is 6.10 Å². The van der Waals surface area contributed by atoms with Gasteiger partial charge < -0.3 is 10.8 Å². The Morgan fingerprint density at radius 1 is 1.36 bits per heavy atom. The van der Waals surface area contributed by atoms with Crippen LogP contribution in [0.25, 0.3) is 0 Å². The summed E-state index contributed by atoms with van der Waals surface area (Å²) in [5, 5.41) is 9.55. The molecule has 78 valence electrons. The van der Waals surface area contributed by atoms with E-state index in [1.165, 1.54) is 11.1 Å². The molecule has 0 bridgehead atoms. The Hall–Kier alpha value is -0.860. The van der Waals surface area contributed by atoms with E-state index in [1.54, 1.807) is 0 Å². The van der Waals surface area contributed by atoms with Gasteiger partial charge in [-0.05, 0) is 30.9 Å². The summed E-state index contributed by atoms with van der Waals surface area (Å²) in [6, 6.07) is 8.01. The molecule has 0 amide bonds. The van der Waals surface area contributed by atoms with Crippen molar-refractivity contribution in [1.82, 2.24) is 0 Å². The van der Waals surface area contributed by atoms with Gasteiger partial charge in [0.25, 0.3) is 0 Å². The van der Waals surface area contributed by atoms with Crippen LogP contribution in [0.4, 0.5) is 0 Å². The third-order valence-corrected chi connectivity index (χ3v) is 2.63. The molecular formula is C12H19NO. The average molecular weight is 193 g/mol. The number of nitrogens with two attached hydrogens (primary N) is 1. The molecule has 0 saturated heterocycles. The molecule has 2 unspecified atom stereocenters. The molecule has 0 aliphatic carbocycles. The van der Waals surface area contributed by atoms with Crippen molar-refractivity contribution in [2.45, 2.75) is 38.8 Å². The molecule has 2 heteroatoms. The highest BCUT2D eigenvalue weighted by atomic mass is 16.3. The van der Waals surface area contributed by atoms with Crippen molar-refractivity contribution < 1.29 is 5.11 Å². The van der Waals surface area contributed by atoms with Crippen LogP contribution in [0.1, 0.15) is 24.5 Å². The first-order valence-corrected chi connectivity index (χ1v) is 5.13. The molecule has 2 nitrogen and oxygen atoms in total. The van der Waals surface area contributed by atoms with Crippen molar-refractivity contribution in [2.75, 3.05) is 0 Å². The molecule has 0 heterocycles. The lowest BCUT2D eigenvalue weighted by atomic mass is 9.97. The number of rotatable bonds is 4. The first-order chi connectivity index (χ1) is 6.65. The number of aliphatic hydroxyl groups is 1. The van der Waals surface area contributed by atoms with Crippen molar-refractivity contribution in [1.29, 1.82) is 0 Å². The molecule has 0 aliphatic rings. The Morgan fingerprint density at radius 2 is 2.00 bits per heavy atom. The fourth-order valence-electron chi connectivity index (χ4n) is 1.53. The maximum atomic E-state index is 9.55. The first kappa shape index (κ1) is 11.2. The monoisotopic (exact) mass is 193 g/mol. The van der Waals surface area contributed by atoms with Crippen molar-refractivity contribution >= 4 is 0 Å². The Morgan fingerprint density at radius 3 is 2.57 bits per heavy atom. The molecule has 1 aromatic rings. The van der Waals surface area contributed by atoms with E-state index in [-0.39, 0.29) is 6.04 Å². The summed E-state index contributed by atoms with van der Waals surface area (Å²) in [7, 11) is 0. The van der Waals surface area contributed by atoms with Crippen LogP contribution < -0.4 is 5.73 Å². The summed E-state index contributed by atoms with van der Waals surface area (Å²) in [5.74, 6) is 0. The molecule has 0 spiro atoms. The number of aliphatic hydroxyl groups excluding tert-OH is 1. The SMILES string of the molecule is CCC(O)C(N)Cc1ccccc1C. The highest BCUT2D eigenvalue weighted by Crippen LogP contribution is 2.11. The Labute approximate surface area is 85.8 Å². The zero-order chi connectivity index (χ0) is 10.6. The van der Waals surface area contributed by atoms with Crippen LogP contribution in [0.2, 0.25) is 0 Å². The topological polar surface area (TPSA) is 46.2 Å². The maximum Gasteiger partial charge on any atom is 0.0691 e. The Bertz CT molecular complexity index is 285. The summed E-state index contributed by atoms with van der Waals surface area (Å²) in [6.45, 7) is 4.02.